The van der Waals surface area contributed by atoms with Crippen molar-refractivity contribution < 1.29 is 0 Å². The van der Waals surface area contributed by atoms with Crippen molar-refractivity contribution in [2.24, 2.45) is 4.99 Å². The number of aliphatic imine (C=N–C) groups is 1. The van der Waals surface area contributed by atoms with Crippen LogP contribution in [-0.4, -0.2) is 50.8 Å². The molecule has 0 fully saturated rings. The van der Waals surface area contributed by atoms with Crippen molar-refractivity contribution in [2.45, 2.75) is 25.3 Å². The Balaban J connectivity index is 2.48. The summed E-state index contributed by atoms with van der Waals surface area (Å²) < 4.78 is 0. The van der Waals surface area contributed by atoms with E-state index in [1.807, 2.05) is 7.05 Å². The lowest BCUT2D eigenvalue weighted by Gasteiger charge is -2.17. The highest BCUT2D eigenvalue weighted by Crippen LogP contribution is 2.21. The zero-order chi connectivity index (χ0) is 15.7. The van der Waals surface area contributed by atoms with E-state index in [-0.39, 0.29) is 0 Å². The average molecular weight is 308 g/mol. The number of thioether (sulfide) groups is 1. The molecular weight excluding hydrogens is 280 g/mol. The first-order chi connectivity index (χ1) is 10.1. The molecule has 0 aliphatic carbocycles. The van der Waals surface area contributed by atoms with Crippen LogP contribution in [0.4, 0.5) is 0 Å². The number of benzene rings is 1. The number of nitrogens with one attached hydrogen (secondary N) is 2. The summed E-state index contributed by atoms with van der Waals surface area (Å²) in [5, 5.41) is 6.72. The van der Waals surface area contributed by atoms with E-state index < -0.39 is 0 Å². The standard InChI is InChI=1S/C16H28N4S/c1-6-20(4)10-9-18-16(17-3)19-12-14-8-7-13(2)11-15(14)21-5/h7-8,11H,6,9-10,12H2,1-5H3,(H2,17,18,19). The molecule has 0 atom stereocenters. The fourth-order valence-corrected chi connectivity index (χ4v) is 2.63. The van der Waals surface area contributed by atoms with Crippen LogP contribution in [0.5, 0.6) is 0 Å². The Labute approximate surface area is 133 Å². The highest BCUT2D eigenvalue weighted by Gasteiger charge is 2.04. The Bertz CT molecular complexity index is 460. The summed E-state index contributed by atoms with van der Waals surface area (Å²) in [7, 11) is 3.93. The summed E-state index contributed by atoms with van der Waals surface area (Å²) in [4.78, 5) is 7.86. The van der Waals surface area contributed by atoms with Gasteiger partial charge in [-0.2, -0.15) is 0 Å². The summed E-state index contributed by atoms with van der Waals surface area (Å²) >= 11 is 1.79. The number of likely N-dealkylation sites (N-methyl/N-ethyl adjacent to an activating group) is 1. The average Bonchev–Trinajstić information content (AvgIpc) is 2.51. The number of hydrogen-bond acceptors (Lipinski definition) is 3. The third-order valence-corrected chi connectivity index (χ3v) is 4.26. The van der Waals surface area contributed by atoms with Crippen molar-refractivity contribution in [1.82, 2.24) is 15.5 Å². The molecule has 1 aromatic rings. The van der Waals surface area contributed by atoms with Gasteiger partial charge in [0.25, 0.3) is 0 Å². The van der Waals surface area contributed by atoms with Gasteiger partial charge in [0, 0.05) is 31.6 Å². The first-order valence-electron chi connectivity index (χ1n) is 7.37. The van der Waals surface area contributed by atoms with Gasteiger partial charge in [-0.25, -0.2) is 0 Å². The molecule has 0 aliphatic heterocycles. The predicted molar refractivity (Wildman–Crippen MR) is 94.3 cm³/mol. The monoisotopic (exact) mass is 308 g/mol. The molecule has 1 aromatic carbocycles. The van der Waals surface area contributed by atoms with Crippen molar-refractivity contribution >= 4 is 17.7 Å². The molecule has 21 heavy (non-hydrogen) atoms. The van der Waals surface area contributed by atoms with Crippen LogP contribution in [0.1, 0.15) is 18.1 Å². The molecule has 0 amide bonds. The van der Waals surface area contributed by atoms with E-state index in [1.165, 1.54) is 16.0 Å². The molecule has 4 nitrogen and oxygen atoms in total. The molecule has 1 rings (SSSR count). The molecule has 0 unspecified atom stereocenters. The van der Waals surface area contributed by atoms with E-state index in [2.05, 4.69) is 65.9 Å². The van der Waals surface area contributed by atoms with Gasteiger partial charge in [0.1, 0.15) is 0 Å². The molecule has 5 heteroatoms. The van der Waals surface area contributed by atoms with Crippen molar-refractivity contribution in [3.63, 3.8) is 0 Å². The summed E-state index contributed by atoms with van der Waals surface area (Å²) in [6.45, 7) is 8.05. The third-order valence-electron chi connectivity index (χ3n) is 3.44. The van der Waals surface area contributed by atoms with Gasteiger partial charge in [0.2, 0.25) is 0 Å². The van der Waals surface area contributed by atoms with Crippen LogP contribution in [0.3, 0.4) is 0 Å². The van der Waals surface area contributed by atoms with Crippen LogP contribution in [0.25, 0.3) is 0 Å². The summed E-state index contributed by atoms with van der Waals surface area (Å²) in [6.07, 6.45) is 2.12. The minimum absolute atomic E-state index is 0.791. The van der Waals surface area contributed by atoms with E-state index in [0.29, 0.717) is 0 Å². The van der Waals surface area contributed by atoms with Crippen LogP contribution in [0.2, 0.25) is 0 Å². The van der Waals surface area contributed by atoms with Gasteiger partial charge in [-0.3, -0.25) is 4.99 Å². The predicted octanol–water partition coefficient (Wildman–Crippen LogP) is 2.33. The molecule has 0 bridgehead atoms. The maximum absolute atomic E-state index is 4.27. The van der Waals surface area contributed by atoms with Crippen LogP contribution in [-0.2, 0) is 6.54 Å². The molecule has 0 radical (unpaired) electrons. The van der Waals surface area contributed by atoms with Crippen molar-refractivity contribution in [2.75, 3.05) is 40.0 Å². The Morgan fingerprint density at radius 1 is 1.33 bits per heavy atom. The minimum Gasteiger partial charge on any atom is -0.355 e. The molecule has 0 aliphatic rings. The Kier molecular flexibility index (Phi) is 8.23. The maximum atomic E-state index is 4.27. The summed E-state index contributed by atoms with van der Waals surface area (Å²) in [5.74, 6) is 0.854. The van der Waals surface area contributed by atoms with E-state index in [4.69, 9.17) is 0 Å². The number of guanidine groups is 1. The van der Waals surface area contributed by atoms with E-state index in [9.17, 15) is 0 Å². The van der Waals surface area contributed by atoms with Gasteiger partial charge in [-0.05, 0) is 44.0 Å². The van der Waals surface area contributed by atoms with Gasteiger partial charge < -0.3 is 15.5 Å². The van der Waals surface area contributed by atoms with Gasteiger partial charge in [0.05, 0.1) is 0 Å². The number of nitrogens with zero attached hydrogens (tertiary/aromatic N) is 2. The van der Waals surface area contributed by atoms with Crippen LogP contribution in [0.15, 0.2) is 28.1 Å². The van der Waals surface area contributed by atoms with Crippen molar-refractivity contribution in [3.8, 4) is 0 Å². The molecule has 0 saturated heterocycles. The number of rotatable bonds is 7. The lowest BCUT2D eigenvalue weighted by Crippen LogP contribution is -2.40. The fraction of sp³-hybridized carbons (Fsp3) is 0.562. The molecule has 0 aromatic heterocycles. The van der Waals surface area contributed by atoms with Gasteiger partial charge in [0.15, 0.2) is 5.96 Å². The zero-order valence-corrected chi connectivity index (χ0v) is 14.7. The number of aryl methyl sites for hydroxylation is 1. The normalized spacial score (nSPS) is 11.8. The summed E-state index contributed by atoms with van der Waals surface area (Å²) in [5.41, 5.74) is 2.61. The second kappa shape index (κ2) is 9.68. The summed E-state index contributed by atoms with van der Waals surface area (Å²) in [6, 6.07) is 6.57. The fourth-order valence-electron chi connectivity index (χ4n) is 1.92. The highest BCUT2D eigenvalue weighted by molar-refractivity contribution is 7.98. The van der Waals surface area contributed by atoms with E-state index in [0.717, 1.165) is 32.1 Å². The zero-order valence-electron chi connectivity index (χ0n) is 13.9. The first-order valence-corrected chi connectivity index (χ1v) is 8.59. The van der Waals surface area contributed by atoms with Crippen LogP contribution in [0, 0.1) is 6.92 Å². The maximum Gasteiger partial charge on any atom is 0.191 e. The largest absolute Gasteiger partial charge is 0.355 e. The minimum atomic E-state index is 0.791. The van der Waals surface area contributed by atoms with Gasteiger partial charge >= 0.3 is 0 Å². The smallest absolute Gasteiger partial charge is 0.191 e. The Hall–Kier alpha value is -1.20. The SMILES string of the molecule is CCN(C)CCNC(=NC)NCc1ccc(C)cc1SC. The molecule has 2 N–H and O–H groups in total. The van der Waals surface area contributed by atoms with Crippen LogP contribution < -0.4 is 10.6 Å². The lowest BCUT2D eigenvalue weighted by atomic mass is 10.1. The molecular formula is C16H28N4S. The first kappa shape index (κ1) is 17.9. The second-order valence-corrected chi connectivity index (χ2v) is 5.91. The highest BCUT2D eigenvalue weighted by atomic mass is 32.2. The third kappa shape index (κ3) is 6.40. The molecule has 118 valence electrons. The van der Waals surface area contributed by atoms with E-state index >= 15 is 0 Å². The lowest BCUT2D eigenvalue weighted by molar-refractivity contribution is 0.357. The second-order valence-electron chi connectivity index (χ2n) is 5.06. The Morgan fingerprint density at radius 3 is 2.71 bits per heavy atom. The van der Waals surface area contributed by atoms with Crippen molar-refractivity contribution in [1.29, 1.82) is 0 Å². The van der Waals surface area contributed by atoms with Crippen LogP contribution >= 0.6 is 11.8 Å². The topological polar surface area (TPSA) is 39.7 Å². The number of hydrogen-bond donors (Lipinski definition) is 2. The molecule has 0 saturated carbocycles. The van der Waals surface area contributed by atoms with E-state index in [1.54, 1.807) is 11.8 Å². The quantitative estimate of drug-likeness (QED) is 0.461. The molecule has 0 spiro atoms. The van der Waals surface area contributed by atoms with Crippen molar-refractivity contribution in [3.05, 3.63) is 29.3 Å². The van der Waals surface area contributed by atoms with Gasteiger partial charge in [-0.1, -0.05) is 19.1 Å². The van der Waals surface area contributed by atoms with Gasteiger partial charge in [-0.15, -0.1) is 11.8 Å². The molecule has 0 heterocycles. The Morgan fingerprint density at radius 2 is 2.10 bits per heavy atom.